The fourth-order valence-electron chi connectivity index (χ4n) is 2.31. The Hall–Kier alpha value is -2.87. The van der Waals surface area contributed by atoms with Crippen LogP contribution in [-0.4, -0.2) is 39.4 Å². The molecule has 0 spiro atoms. The van der Waals surface area contributed by atoms with Crippen LogP contribution in [0, 0.1) is 0 Å². The SMILES string of the molecule is CCS(=O)(=O)N(CC(=O)N/N=C(\C)c1ccccc1)c1ccc(OC)cc1. The summed E-state index contributed by atoms with van der Waals surface area (Å²) in [5.41, 5.74) is 4.29. The minimum Gasteiger partial charge on any atom is -0.497 e. The van der Waals surface area contributed by atoms with Crippen LogP contribution in [0.2, 0.25) is 0 Å². The molecule has 0 unspecified atom stereocenters. The molecule has 0 aliphatic rings. The van der Waals surface area contributed by atoms with Crippen molar-refractivity contribution in [2.75, 3.05) is 23.7 Å². The summed E-state index contributed by atoms with van der Waals surface area (Å²) in [6.07, 6.45) is 0. The summed E-state index contributed by atoms with van der Waals surface area (Å²) in [5, 5.41) is 4.05. The third kappa shape index (κ3) is 5.55. The van der Waals surface area contributed by atoms with Crippen molar-refractivity contribution in [2.45, 2.75) is 13.8 Å². The van der Waals surface area contributed by atoms with E-state index in [1.54, 1.807) is 31.2 Å². The van der Waals surface area contributed by atoms with Crippen LogP contribution in [0.3, 0.4) is 0 Å². The highest BCUT2D eigenvalue weighted by Gasteiger charge is 2.23. The molecule has 2 aromatic rings. The molecule has 0 aliphatic carbocycles. The van der Waals surface area contributed by atoms with Crippen LogP contribution in [0.1, 0.15) is 19.4 Å². The minimum atomic E-state index is -3.64. The molecule has 0 bridgehead atoms. The highest BCUT2D eigenvalue weighted by atomic mass is 32.2. The molecule has 2 aromatic carbocycles. The van der Waals surface area contributed by atoms with Gasteiger partial charge in [-0.3, -0.25) is 9.10 Å². The number of ether oxygens (including phenoxy) is 1. The highest BCUT2D eigenvalue weighted by molar-refractivity contribution is 7.92. The van der Waals surface area contributed by atoms with Crippen LogP contribution in [0.15, 0.2) is 59.7 Å². The quantitative estimate of drug-likeness (QED) is 0.555. The summed E-state index contributed by atoms with van der Waals surface area (Å²) in [5.74, 6) is -0.0585. The summed E-state index contributed by atoms with van der Waals surface area (Å²) < 4.78 is 31.0. The van der Waals surface area contributed by atoms with Gasteiger partial charge in [-0.05, 0) is 43.7 Å². The lowest BCUT2D eigenvalue weighted by Gasteiger charge is -2.23. The molecule has 8 heteroatoms. The molecule has 0 atom stereocenters. The monoisotopic (exact) mass is 389 g/mol. The molecule has 2 rings (SSSR count). The molecule has 27 heavy (non-hydrogen) atoms. The summed E-state index contributed by atoms with van der Waals surface area (Å²) in [4.78, 5) is 12.3. The average Bonchev–Trinajstić information content (AvgIpc) is 2.70. The Kier molecular flexibility index (Phi) is 6.95. The van der Waals surface area contributed by atoms with E-state index in [0.29, 0.717) is 17.1 Å². The summed E-state index contributed by atoms with van der Waals surface area (Å²) in [6.45, 7) is 2.93. The number of nitrogens with one attached hydrogen (secondary N) is 1. The lowest BCUT2D eigenvalue weighted by Crippen LogP contribution is -2.40. The third-order valence-electron chi connectivity index (χ3n) is 3.89. The number of amides is 1. The molecule has 144 valence electrons. The van der Waals surface area contributed by atoms with Gasteiger partial charge in [0.05, 0.1) is 24.3 Å². The van der Waals surface area contributed by atoms with Crippen LogP contribution in [0.25, 0.3) is 0 Å². The van der Waals surface area contributed by atoms with E-state index < -0.39 is 15.9 Å². The first kappa shape index (κ1) is 20.4. The molecule has 0 fully saturated rings. The average molecular weight is 389 g/mol. The lowest BCUT2D eigenvalue weighted by molar-refractivity contribution is -0.119. The van der Waals surface area contributed by atoms with E-state index in [1.165, 1.54) is 14.0 Å². The molecule has 0 aliphatic heterocycles. The number of hydrazone groups is 1. The Morgan fingerprint density at radius 3 is 2.30 bits per heavy atom. The number of methoxy groups -OCH3 is 1. The van der Waals surface area contributed by atoms with Crippen molar-refractivity contribution in [3.63, 3.8) is 0 Å². The van der Waals surface area contributed by atoms with Gasteiger partial charge < -0.3 is 4.74 Å². The van der Waals surface area contributed by atoms with Gasteiger partial charge in [-0.2, -0.15) is 5.10 Å². The molecule has 0 saturated carbocycles. The van der Waals surface area contributed by atoms with Crippen LogP contribution >= 0.6 is 0 Å². The Morgan fingerprint density at radius 1 is 1.11 bits per heavy atom. The van der Waals surface area contributed by atoms with Crippen LogP contribution in [0.5, 0.6) is 5.75 Å². The van der Waals surface area contributed by atoms with Crippen molar-refractivity contribution in [2.24, 2.45) is 5.10 Å². The fourth-order valence-corrected chi connectivity index (χ4v) is 3.38. The van der Waals surface area contributed by atoms with E-state index in [-0.39, 0.29) is 12.3 Å². The second kappa shape index (κ2) is 9.18. The van der Waals surface area contributed by atoms with Gasteiger partial charge in [0.1, 0.15) is 12.3 Å². The Balaban J connectivity index is 2.16. The first-order valence-electron chi connectivity index (χ1n) is 8.40. The number of hydrogen-bond donors (Lipinski definition) is 1. The summed E-state index contributed by atoms with van der Waals surface area (Å²) in [6, 6.07) is 15.8. The van der Waals surface area contributed by atoms with E-state index in [4.69, 9.17) is 4.74 Å². The standard InChI is InChI=1S/C19H23N3O4S/c1-4-27(24,25)22(17-10-12-18(26-3)13-11-17)14-19(23)21-20-15(2)16-8-6-5-7-9-16/h5-13H,4,14H2,1-3H3,(H,21,23)/b20-15+. The number of benzene rings is 2. The predicted octanol–water partition coefficient (Wildman–Crippen LogP) is 2.39. The van der Waals surface area contributed by atoms with Crippen molar-refractivity contribution >= 4 is 27.3 Å². The maximum Gasteiger partial charge on any atom is 0.260 e. The molecule has 0 aromatic heterocycles. The van der Waals surface area contributed by atoms with E-state index in [1.807, 2.05) is 30.3 Å². The van der Waals surface area contributed by atoms with Gasteiger partial charge in [0.15, 0.2) is 0 Å². The smallest absolute Gasteiger partial charge is 0.260 e. The van der Waals surface area contributed by atoms with Crippen molar-refractivity contribution in [1.82, 2.24) is 5.43 Å². The number of hydrogen-bond acceptors (Lipinski definition) is 5. The van der Waals surface area contributed by atoms with Crippen molar-refractivity contribution in [3.8, 4) is 5.75 Å². The molecular formula is C19H23N3O4S. The fraction of sp³-hybridized carbons (Fsp3) is 0.263. The number of carbonyl (C=O) groups is 1. The summed E-state index contributed by atoms with van der Waals surface area (Å²) in [7, 11) is -2.11. The van der Waals surface area contributed by atoms with Crippen molar-refractivity contribution in [1.29, 1.82) is 0 Å². The molecule has 0 saturated heterocycles. The van der Waals surface area contributed by atoms with Gasteiger partial charge in [0, 0.05) is 0 Å². The number of rotatable bonds is 8. The topological polar surface area (TPSA) is 88.1 Å². The van der Waals surface area contributed by atoms with Gasteiger partial charge in [-0.1, -0.05) is 30.3 Å². The molecular weight excluding hydrogens is 366 g/mol. The van der Waals surface area contributed by atoms with Crippen molar-refractivity contribution < 1.29 is 17.9 Å². The molecule has 0 radical (unpaired) electrons. The van der Waals surface area contributed by atoms with E-state index in [9.17, 15) is 13.2 Å². The van der Waals surface area contributed by atoms with Gasteiger partial charge in [0.25, 0.3) is 5.91 Å². The normalized spacial score (nSPS) is 11.7. The zero-order valence-corrected chi connectivity index (χ0v) is 16.4. The molecule has 0 heterocycles. The van der Waals surface area contributed by atoms with E-state index in [0.717, 1.165) is 9.87 Å². The Labute approximate surface area is 159 Å². The van der Waals surface area contributed by atoms with E-state index >= 15 is 0 Å². The van der Waals surface area contributed by atoms with Gasteiger partial charge in [-0.25, -0.2) is 13.8 Å². The first-order valence-corrected chi connectivity index (χ1v) is 10.0. The van der Waals surface area contributed by atoms with E-state index in [2.05, 4.69) is 10.5 Å². The third-order valence-corrected chi connectivity index (χ3v) is 5.63. The predicted molar refractivity (Wildman–Crippen MR) is 107 cm³/mol. The minimum absolute atomic E-state index is 0.126. The lowest BCUT2D eigenvalue weighted by atomic mass is 10.1. The number of anilines is 1. The molecule has 1 N–H and O–H groups in total. The Bertz CT molecular complexity index is 894. The molecule has 1 amide bonds. The highest BCUT2D eigenvalue weighted by Crippen LogP contribution is 2.21. The summed E-state index contributed by atoms with van der Waals surface area (Å²) >= 11 is 0. The van der Waals surface area contributed by atoms with Crippen LogP contribution < -0.4 is 14.5 Å². The number of nitrogens with zero attached hydrogens (tertiary/aromatic N) is 2. The molecule has 7 nitrogen and oxygen atoms in total. The zero-order valence-electron chi connectivity index (χ0n) is 15.5. The number of carbonyl (C=O) groups excluding carboxylic acids is 1. The van der Waals surface area contributed by atoms with Gasteiger partial charge in [0.2, 0.25) is 10.0 Å². The maximum atomic E-state index is 12.4. The Morgan fingerprint density at radius 2 is 1.74 bits per heavy atom. The van der Waals surface area contributed by atoms with Gasteiger partial charge >= 0.3 is 0 Å². The largest absolute Gasteiger partial charge is 0.497 e. The van der Waals surface area contributed by atoms with Crippen LogP contribution in [-0.2, 0) is 14.8 Å². The maximum absolute atomic E-state index is 12.4. The van der Waals surface area contributed by atoms with Crippen LogP contribution in [0.4, 0.5) is 5.69 Å². The second-order valence-electron chi connectivity index (χ2n) is 5.70. The van der Waals surface area contributed by atoms with Gasteiger partial charge in [-0.15, -0.1) is 0 Å². The zero-order chi connectivity index (χ0) is 19.9. The van der Waals surface area contributed by atoms with Crippen molar-refractivity contribution in [3.05, 3.63) is 60.2 Å². The second-order valence-corrected chi connectivity index (χ2v) is 7.89. The number of sulfonamides is 1. The first-order chi connectivity index (χ1) is 12.9.